The van der Waals surface area contributed by atoms with Crippen molar-refractivity contribution in [3.05, 3.63) is 71.3 Å². The van der Waals surface area contributed by atoms with Gasteiger partial charge >= 0.3 is 0 Å². The Hall–Kier alpha value is -3.13. The molecule has 144 valence electrons. The van der Waals surface area contributed by atoms with Gasteiger partial charge in [0.2, 0.25) is 0 Å². The van der Waals surface area contributed by atoms with E-state index in [1.165, 1.54) is 12.1 Å². The maximum Gasteiger partial charge on any atom is 0.253 e. The number of piperazine rings is 1. The minimum atomic E-state index is -0.298. The average molecular weight is 380 g/mol. The third-order valence-corrected chi connectivity index (χ3v) is 4.93. The molecule has 0 radical (unpaired) electrons. The average Bonchev–Trinajstić information content (AvgIpc) is 3.17. The van der Waals surface area contributed by atoms with E-state index in [0.717, 1.165) is 29.9 Å². The number of aryl methyl sites for hydroxylation is 1. The number of aromatic nitrogens is 4. The fraction of sp³-hybridized carbons (Fsp3) is 0.300. The van der Waals surface area contributed by atoms with Crippen LogP contribution in [0.5, 0.6) is 0 Å². The highest BCUT2D eigenvalue weighted by atomic mass is 19.1. The van der Waals surface area contributed by atoms with E-state index in [-0.39, 0.29) is 11.7 Å². The van der Waals surface area contributed by atoms with E-state index in [1.807, 2.05) is 36.1 Å². The van der Waals surface area contributed by atoms with Crippen LogP contribution in [0.25, 0.3) is 5.69 Å². The first-order chi connectivity index (χ1) is 13.6. The van der Waals surface area contributed by atoms with E-state index < -0.39 is 0 Å². The van der Waals surface area contributed by atoms with Crippen LogP contribution in [-0.2, 0) is 6.54 Å². The van der Waals surface area contributed by atoms with Crippen molar-refractivity contribution in [1.82, 2.24) is 30.0 Å². The zero-order valence-electron chi connectivity index (χ0n) is 15.6. The molecule has 2 heterocycles. The van der Waals surface area contributed by atoms with E-state index >= 15 is 0 Å². The summed E-state index contributed by atoms with van der Waals surface area (Å²) in [4.78, 5) is 16.7. The summed E-state index contributed by atoms with van der Waals surface area (Å²) < 4.78 is 14.8. The second-order valence-electron chi connectivity index (χ2n) is 6.92. The normalized spacial score (nSPS) is 15.0. The highest BCUT2D eigenvalue weighted by Gasteiger charge is 2.23. The van der Waals surface area contributed by atoms with Crippen LogP contribution in [0.15, 0.2) is 48.5 Å². The zero-order valence-corrected chi connectivity index (χ0v) is 15.6. The van der Waals surface area contributed by atoms with Gasteiger partial charge in [-0.25, -0.2) is 4.39 Å². The molecule has 4 rings (SSSR count). The molecule has 28 heavy (non-hydrogen) atoms. The first-order valence-corrected chi connectivity index (χ1v) is 9.21. The Kier molecular flexibility index (Phi) is 5.12. The van der Waals surface area contributed by atoms with Crippen LogP contribution in [0.2, 0.25) is 0 Å². The molecule has 2 aromatic carbocycles. The Bertz CT molecular complexity index is 946. The molecule has 1 fully saturated rings. The van der Waals surface area contributed by atoms with E-state index in [0.29, 0.717) is 25.5 Å². The van der Waals surface area contributed by atoms with Crippen molar-refractivity contribution in [3.63, 3.8) is 0 Å². The van der Waals surface area contributed by atoms with Gasteiger partial charge in [-0.2, -0.15) is 4.68 Å². The van der Waals surface area contributed by atoms with Crippen LogP contribution < -0.4 is 0 Å². The summed E-state index contributed by atoms with van der Waals surface area (Å²) in [5, 5.41) is 11.9. The van der Waals surface area contributed by atoms with Crippen molar-refractivity contribution in [2.45, 2.75) is 13.5 Å². The molecule has 1 aromatic heterocycles. The van der Waals surface area contributed by atoms with Gasteiger partial charge in [-0.3, -0.25) is 9.69 Å². The zero-order chi connectivity index (χ0) is 19.5. The molecule has 1 aliphatic heterocycles. The van der Waals surface area contributed by atoms with Crippen molar-refractivity contribution in [1.29, 1.82) is 0 Å². The van der Waals surface area contributed by atoms with Crippen LogP contribution in [0.3, 0.4) is 0 Å². The molecule has 3 aromatic rings. The van der Waals surface area contributed by atoms with Gasteiger partial charge in [0, 0.05) is 31.7 Å². The van der Waals surface area contributed by atoms with Gasteiger partial charge in [0.1, 0.15) is 5.82 Å². The highest BCUT2D eigenvalue weighted by Crippen LogP contribution is 2.14. The molecular weight excluding hydrogens is 359 g/mol. The van der Waals surface area contributed by atoms with Gasteiger partial charge < -0.3 is 4.90 Å². The lowest BCUT2D eigenvalue weighted by atomic mass is 10.1. The number of halogens is 1. The largest absolute Gasteiger partial charge is 0.336 e. The molecule has 0 atom stereocenters. The lowest BCUT2D eigenvalue weighted by Gasteiger charge is -2.34. The number of hydrogen-bond acceptors (Lipinski definition) is 5. The van der Waals surface area contributed by atoms with Crippen LogP contribution >= 0.6 is 0 Å². The quantitative estimate of drug-likeness (QED) is 0.693. The van der Waals surface area contributed by atoms with Crippen LogP contribution in [0, 0.1) is 12.7 Å². The first kappa shape index (κ1) is 18.2. The van der Waals surface area contributed by atoms with Gasteiger partial charge in [0.15, 0.2) is 5.82 Å². The second kappa shape index (κ2) is 7.85. The summed E-state index contributed by atoms with van der Waals surface area (Å²) in [6.45, 7) is 5.38. The summed E-state index contributed by atoms with van der Waals surface area (Å²) in [6.07, 6.45) is 0. The topological polar surface area (TPSA) is 67.2 Å². The summed E-state index contributed by atoms with van der Waals surface area (Å²) >= 11 is 0. The predicted octanol–water partition coefficient (Wildman–Crippen LogP) is 2.07. The number of nitrogens with zero attached hydrogens (tertiary/aromatic N) is 6. The molecule has 0 unspecified atom stereocenters. The molecule has 0 saturated carbocycles. The molecule has 1 aliphatic rings. The Morgan fingerprint density at radius 3 is 2.36 bits per heavy atom. The standard InChI is InChI=1S/C20H21FN6O/c1-15-2-4-16(5-3-15)20(28)26-12-10-25(11-13-26)14-19-22-23-24-27(19)18-8-6-17(21)7-9-18/h2-9H,10-14H2,1H3. The number of rotatable bonds is 4. The SMILES string of the molecule is Cc1ccc(C(=O)N2CCN(Cc3nnnn3-c3ccc(F)cc3)CC2)cc1. The number of tetrazole rings is 1. The lowest BCUT2D eigenvalue weighted by molar-refractivity contribution is 0.0624. The molecule has 0 aliphatic carbocycles. The van der Waals surface area contributed by atoms with Crippen molar-refractivity contribution >= 4 is 5.91 Å². The van der Waals surface area contributed by atoms with Gasteiger partial charge in [-0.1, -0.05) is 17.7 Å². The first-order valence-electron chi connectivity index (χ1n) is 9.21. The molecule has 8 heteroatoms. The van der Waals surface area contributed by atoms with Crippen molar-refractivity contribution < 1.29 is 9.18 Å². The van der Waals surface area contributed by atoms with Gasteiger partial charge in [0.05, 0.1) is 12.2 Å². The predicted molar refractivity (Wildman–Crippen MR) is 101 cm³/mol. The minimum absolute atomic E-state index is 0.0656. The third-order valence-electron chi connectivity index (χ3n) is 4.93. The molecule has 1 amide bonds. The van der Waals surface area contributed by atoms with Crippen molar-refractivity contribution in [3.8, 4) is 5.69 Å². The minimum Gasteiger partial charge on any atom is -0.336 e. The second-order valence-corrected chi connectivity index (χ2v) is 6.92. The van der Waals surface area contributed by atoms with E-state index in [4.69, 9.17) is 0 Å². The molecule has 1 saturated heterocycles. The van der Waals surface area contributed by atoms with Crippen molar-refractivity contribution in [2.75, 3.05) is 26.2 Å². The number of amides is 1. The molecule has 7 nitrogen and oxygen atoms in total. The monoisotopic (exact) mass is 380 g/mol. The van der Waals surface area contributed by atoms with E-state index in [9.17, 15) is 9.18 Å². The maximum absolute atomic E-state index is 13.1. The number of carbonyl (C=O) groups is 1. The third kappa shape index (κ3) is 3.91. The Balaban J connectivity index is 1.38. The van der Waals surface area contributed by atoms with Crippen LogP contribution in [0.1, 0.15) is 21.7 Å². The Morgan fingerprint density at radius 2 is 1.68 bits per heavy atom. The Labute approximate surface area is 162 Å². The summed E-state index contributed by atoms with van der Waals surface area (Å²) in [5.74, 6) is 0.452. The van der Waals surface area contributed by atoms with Gasteiger partial charge in [-0.15, -0.1) is 5.10 Å². The summed E-state index contributed by atoms with van der Waals surface area (Å²) in [5.41, 5.74) is 2.58. The van der Waals surface area contributed by atoms with E-state index in [1.54, 1.807) is 16.8 Å². The molecule has 0 bridgehead atoms. The molecular formula is C20H21FN6O. The summed E-state index contributed by atoms with van der Waals surface area (Å²) in [6, 6.07) is 13.7. The van der Waals surface area contributed by atoms with Gasteiger partial charge in [-0.05, 0) is 53.7 Å². The number of hydrogen-bond donors (Lipinski definition) is 0. The number of carbonyl (C=O) groups excluding carboxylic acids is 1. The fourth-order valence-electron chi connectivity index (χ4n) is 3.27. The molecule has 0 N–H and O–H groups in total. The lowest BCUT2D eigenvalue weighted by Crippen LogP contribution is -2.48. The van der Waals surface area contributed by atoms with Gasteiger partial charge in [0.25, 0.3) is 5.91 Å². The Morgan fingerprint density at radius 1 is 1.00 bits per heavy atom. The molecule has 0 spiro atoms. The van der Waals surface area contributed by atoms with E-state index in [2.05, 4.69) is 20.4 Å². The van der Waals surface area contributed by atoms with Crippen LogP contribution in [0.4, 0.5) is 4.39 Å². The van der Waals surface area contributed by atoms with Crippen LogP contribution in [-0.4, -0.2) is 62.1 Å². The summed E-state index contributed by atoms with van der Waals surface area (Å²) in [7, 11) is 0. The number of benzene rings is 2. The smallest absolute Gasteiger partial charge is 0.253 e. The fourth-order valence-corrected chi connectivity index (χ4v) is 3.27. The highest BCUT2D eigenvalue weighted by molar-refractivity contribution is 5.94. The maximum atomic E-state index is 13.1. The van der Waals surface area contributed by atoms with Crippen molar-refractivity contribution in [2.24, 2.45) is 0 Å².